The van der Waals surface area contributed by atoms with Crippen LogP contribution < -0.4 is 25.9 Å². The van der Waals surface area contributed by atoms with Crippen molar-refractivity contribution >= 4 is 52.1 Å². The Morgan fingerprint density at radius 1 is 1.08 bits per heavy atom. The van der Waals surface area contributed by atoms with Crippen molar-refractivity contribution < 1.29 is 42.9 Å². The van der Waals surface area contributed by atoms with Crippen LogP contribution in [0.5, 0.6) is 0 Å². The molecule has 0 radical (unpaired) electrons. The molecule has 254 valence electrons. The van der Waals surface area contributed by atoms with Crippen molar-refractivity contribution in [1.29, 1.82) is 0 Å². The van der Waals surface area contributed by atoms with Crippen LogP contribution in [0.2, 0.25) is 0 Å². The SMILES string of the molecule is CC(=O)NC[C@H]1CN(c2ccc(NCC(O)C(=O)N3CCN(c4nc5c(cc4F)c(=O)c(C(=O)O)cn5C4CC4)CC3)c(F)c2)C(=O)O1. The second kappa shape index (κ2) is 13.1. The summed E-state index contributed by atoms with van der Waals surface area (Å²) in [6.45, 7) is 1.86. The molecule has 17 heteroatoms. The van der Waals surface area contributed by atoms with Crippen molar-refractivity contribution in [1.82, 2.24) is 19.8 Å². The van der Waals surface area contributed by atoms with E-state index in [0.29, 0.717) is 0 Å². The molecule has 4 heterocycles. The van der Waals surface area contributed by atoms with E-state index >= 15 is 4.39 Å². The predicted molar refractivity (Wildman–Crippen MR) is 167 cm³/mol. The van der Waals surface area contributed by atoms with Crippen molar-refractivity contribution in [2.24, 2.45) is 0 Å². The third-order valence-corrected chi connectivity index (χ3v) is 8.49. The molecule has 1 aromatic carbocycles. The van der Waals surface area contributed by atoms with Crippen molar-refractivity contribution in [3.05, 3.63) is 57.9 Å². The number of aliphatic hydroxyl groups excluding tert-OH is 1. The first-order chi connectivity index (χ1) is 22.9. The first kappa shape index (κ1) is 32.6. The number of benzene rings is 1. The minimum Gasteiger partial charge on any atom is -0.477 e. The standard InChI is InChI=1S/C31H33F2N7O8/c1-16(41)34-12-19-14-40(31(47)48-19)18-4-5-24(22(32)10-18)35-13-25(42)29(44)38-8-6-37(7-9-38)28-23(33)11-20-26(43)21(30(45)46)15-39(17-2-3-17)27(20)36-28/h4-5,10-11,15,17,19,25,35,42H,2-3,6-9,12-14H2,1H3,(H,34,41)(H,45,46)/t19-,25?/m0/s1. The second-order valence-corrected chi connectivity index (χ2v) is 11.9. The smallest absolute Gasteiger partial charge is 0.414 e. The number of halogens is 2. The number of pyridine rings is 2. The fourth-order valence-electron chi connectivity index (χ4n) is 5.80. The first-order valence-corrected chi connectivity index (χ1v) is 15.4. The van der Waals surface area contributed by atoms with Gasteiger partial charge in [-0.3, -0.25) is 19.3 Å². The monoisotopic (exact) mass is 669 g/mol. The number of nitrogens with zero attached hydrogens (tertiary/aromatic N) is 5. The molecular formula is C31H33F2N7O8. The van der Waals surface area contributed by atoms with Gasteiger partial charge < -0.3 is 40.0 Å². The van der Waals surface area contributed by atoms with Crippen LogP contribution in [0.25, 0.3) is 11.0 Å². The van der Waals surface area contributed by atoms with Gasteiger partial charge in [-0.05, 0) is 37.1 Å². The third-order valence-electron chi connectivity index (χ3n) is 8.49. The molecule has 2 aliphatic heterocycles. The highest BCUT2D eigenvalue weighted by Crippen LogP contribution is 2.37. The highest BCUT2D eigenvalue weighted by Gasteiger charge is 2.34. The number of nitrogens with one attached hydrogen (secondary N) is 2. The van der Waals surface area contributed by atoms with Gasteiger partial charge in [0.1, 0.15) is 29.2 Å². The summed E-state index contributed by atoms with van der Waals surface area (Å²) in [6, 6.07) is 4.94. The fraction of sp³-hybridized carbons (Fsp3) is 0.419. The third kappa shape index (κ3) is 6.58. The predicted octanol–water partition coefficient (Wildman–Crippen LogP) is 1.29. The lowest BCUT2D eigenvalue weighted by Crippen LogP contribution is -2.53. The van der Waals surface area contributed by atoms with E-state index in [1.165, 1.54) is 35.1 Å². The van der Waals surface area contributed by atoms with E-state index in [-0.39, 0.29) is 86.0 Å². The van der Waals surface area contributed by atoms with Gasteiger partial charge in [-0.2, -0.15) is 0 Å². The number of aromatic carboxylic acids is 1. The molecule has 1 saturated carbocycles. The molecule has 3 aliphatic rings. The number of carboxylic acid groups (broad SMARTS) is 1. The minimum atomic E-state index is -1.52. The summed E-state index contributed by atoms with van der Waals surface area (Å²) >= 11 is 0. The zero-order valence-electron chi connectivity index (χ0n) is 25.8. The normalized spacial score (nSPS) is 18.5. The highest BCUT2D eigenvalue weighted by atomic mass is 19.1. The molecule has 1 aliphatic carbocycles. The Morgan fingerprint density at radius 2 is 1.81 bits per heavy atom. The number of cyclic esters (lactones) is 1. The quantitative estimate of drug-likeness (QED) is 0.244. The zero-order chi connectivity index (χ0) is 34.3. The van der Waals surface area contributed by atoms with Crippen LogP contribution in [0.1, 0.15) is 36.2 Å². The molecule has 3 amide bonds. The summed E-state index contributed by atoms with van der Waals surface area (Å²) in [5.74, 6) is -3.84. The summed E-state index contributed by atoms with van der Waals surface area (Å²) in [4.78, 5) is 69.4. The van der Waals surface area contributed by atoms with Crippen molar-refractivity contribution in [2.75, 3.05) is 60.9 Å². The van der Waals surface area contributed by atoms with E-state index in [1.807, 2.05) is 0 Å². The molecular weight excluding hydrogens is 636 g/mol. The molecule has 6 rings (SSSR count). The molecule has 15 nitrogen and oxygen atoms in total. The molecule has 2 atom stereocenters. The van der Waals surface area contributed by atoms with Gasteiger partial charge in [-0.1, -0.05) is 0 Å². The Kier molecular flexibility index (Phi) is 8.87. The lowest BCUT2D eigenvalue weighted by molar-refractivity contribution is -0.139. The number of anilines is 3. The van der Waals surface area contributed by atoms with Gasteiger partial charge in [0.15, 0.2) is 11.6 Å². The number of hydrogen-bond acceptors (Lipinski definition) is 10. The topological polar surface area (TPSA) is 187 Å². The Morgan fingerprint density at radius 3 is 2.46 bits per heavy atom. The largest absolute Gasteiger partial charge is 0.477 e. The molecule has 0 spiro atoms. The number of aliphatic hydroxyl groups is 1. The summed E-state index contributed by atoms with van der Waals surface area (Å²) < 4.78 is 37.0. The van der Waals surface area contributed by atoms with E-state index in [9.17, 15) is 38.6 Å². The Hall–Kier alpha value is -5.32. The lowest BCUT2D eigenvalue weighted by atomic mass is 10.1. The molecule has 4 N–H and O–H groups in total. The summed E-state index contributed by atoms with van der Waals surface area (Å²) in [6.07, 6.45) is 0.0108. The molecule has 2 saturated heterocycles. The Balaban J connectivity index is 1.05. The van der Waals surface area contributed by atoms with Crippen LogP contribution in [-0.2, 0) is 14.3 Å². The highest BCUT2D eigenvalue weighted by molar-refractivity contribution is 5.92. The van der Waals surface area contributed by atoms with Crippen LogP contribution in [0.3, 0.4) is 0 Å². The van der Waals surface area contributed by atoms with Crippen molar-refractivity contribution in [2.45, 2.75) is 38.0 Å². The van der Waals surface area contributed by atoms with Gasteiger partial charge in [0.05, 0.1) is 29.9 Å². The molecule has 2 aromatic heterocycles. The van der Waals surface area contributed by atoms with Gasteiger partial charge in [0, 0.05) is 51.9 Å². The lowest BCUT2D eigenvalue weighted by Gasteiger charge is -2.36. The summed E-state index contributed by atoms with van der Waals surface area (Å²) in [5.41, 5.74) is -0.843. The number of carbonyl (C=O) groups is 4. The van der Waals surface area contributed by atoms with E-state index in [0.717, 1.165) is 25.0 Å². The van der Waals surface area contributed by atoms with Crippen LogP contribution in [0.4, 0.5) is 30.8 Å². The van der Waals surface area contributed by atoms with E-state index < -0.39 is 52.8 Å². The van der Waals surface area contributed by atoms with Crippen LogP contribution >= 0.6 is 0 Å². The number of carboxylic acids is 1. The number of piperazine rings is 1. The molecule has 1 unspecified atom stereocenters. The number of ether oxygens (including phenoxy) is 1. The average Bonchev–Trinajstić information content (AvgIpc) is 3.83. The van der Waals surface area contributed by atoms with Crippen molar-refractivity contribution in [3.63, 3.8) is 0 Å². The van der Waals surface area contributed by atoms with Gasteiger partial charge in [-0.15, -0.1) is 0 Å². The number of amides is 3. The number of aromatic nitrogens is 2. The van der Waals surface area contributed by atoms with E-state index in [1.54, 1.807) is 9.47 Å². The average molecular weight is 670 g/mol. The van der Waals surface area contributed by atoms with Gasteiger partial charge in [0.2, 0.25) is 11.3 Å². The Labute approximate surface area is 271 Å². The maximum atomic E-state index is 15.3. The van der Waals surface area contributed by atoms with E-state index in [2.05, 4.69) is 15.6 Å². The molecule has 0 bridgehead atoms. The molecule has 3 aromatic rings. The first-order valence-electron chi connectivity index (χ1n) is 15.4. The van der Waals surface area contributed by atoms with Crippen molar-refractivity contribution in [3.8, 4) is 0 Å². The number of hydrogen-bond donors (Lipinski definition) is 4. The van der Waals surface area contributed by atoms with Gasteiger partial charge >= 0.3 is 12.1 Å². The fourth-order valence-corrected chi connectivity index (χ4v) is 5.80. The van der Waals surface area contributed by atoms with Crippen LogP contribution in [0, 0.1) is 11.6 Å². The second-order valence-electron chi connectivity index (χ2n) is 11.9. The maximum Gasteiger partial charge on any atom is 0.414 e. The molecule has 3 fully saturated rings. The number of carbonyl (C=O) groups excluding carboxylic acids is 3. The Bertz CT molecular complexity index is 1860. The van der Waals surface area contributed by atoms with Gasteiger partial charge in [-0.25, -0.2) is 23.4 Å². The van der Waals surface area contributed by atoms with Gasteiger partial charge in [0.25, 0.3) is 5.91 Å². The summed E-state index contributed by atoms with van der Waals surface area (Å²) in [7, 11) is 0. The summed E-state index contributed by atoms with van der Waals surface area (Å²) in [5, 5.41) is 25.2. The maximum absolute atomic E-state index is 15.3. The van der Waals surface area contributed by atoms with Crippen LogP contribution in [0.15, 0.2) is 35.3 Å². The minimum absolute atomic E-state index is 0.00391. The molecule has 48 heavy (non-hydrogen) atoms. The number of fused-ring (bicyclic) bond motifs is 1. The van der Waals surface area contributed by atoms with E-state index in [4.69, 9.17) is 4.74 Å². The van der Waals surface area contributed by atoms with Crippen LogP contribution in [-0.4, -0.2) is 107 Å². The number of rotatable bonds is 10. The zero-order valence-corrected chi connectivity index (χ0v) is 25.8.